The molecule has 0 aromatic heterocycles. The molecule has 0 heterocycles. The number of benzene rings is 1. The Balaban J connectivity index is 2.60. The van der Waals surface area contributed by atoms with Gasteiger partial charge in [0.2, 0.25) is 0 Å². The van der Waals surface area contributed by atoms with Gasteiger partial charge in [-0.2, -0.15) is 0 Å². The minimum Gasteiger partial charge on any atom is -0.427 e. The van der Waals surface area contributed by atoms with Crippen LogP contribution in [-0.4, -0.2) is 5.97 Å². The third-order valence-corrected chi connectivity index (χ3v) is 1.91. The third kappa shape index (κ3) is 4.45. The number of carbonyl (C=O) groups is 1. The SMILES string of the molecule is CCCC=Cc1ccc(OC(C)=O)cc1. The number of hydrogen-bond acceptors (Lipinski definition) is 2. The first-order valence-corrected chi connectivity index (χ1v) is 5.17. The van der Waals surface area contributed by atoms with Crippen LogP contribution in [-0.2, 0) is 4.79 Å². The van der Waals surface area contributed by atoms with Crippen LogP contribution in [0.5, 0.6) is 5.75 Å². The second kappa shape index (κ2) is 6.02. The van der Waals surface area contributed by atoms with Gasteiger partial charge in [0, 0.05) is 6.92 Å². The van der Waals surface area contributed by atoms with E-state index in [1.54, 1.807) is 12.1 Å². The second-order valence-electron chi connectivity index (χ2n) is 3.35. The molecule has 0 fully saturated rings. The fraction of sp³-hybridized carbons (Fsp3) is 0.308. The summed E-state index contributed by atoms with van der Waals surface area (Å²) in [5.41, 5.74) is 1.12. The van der Waals surface area contributed by atoms with E-state index in [-0.39, 0.29) is 5.97 Å². The van der Waals surface area contributed by atoms with Crippen molar-refractivity contribution in [2.24, 2.45) is 0 Å². The Morgan fingerprint density at radius 1 is 1.33 bits per heavy atom. The maximum Gasteiger partial charge on any atom is 0.308 e. The van der Waals surface area contributed by atoms with Gasteiger partial charge in [-0.25, -0.2) is 0 Å². The summed E-state index contributed by atoms with van der Waals surface area (Å²) in [6.07, 6.45) is 6.45. The predicted molar refractivity (Wildman–Crippen MR) is 61.7 cm³/mol. The van der Waals surface area contributed by atoms with Gasteiger partial charge in [-0.05, 0) is 24.1 Å². The smallest absolute Gasteiger partial charge is 0.308 e. The number of unbranched alkanes of at least 4 members (excludes halogenated alkanes) is 1. The van der Waals surface area contributed by atoms with Crippen LogP contribution in [0.1, 0.15) is 32.3 Å². The van der Waals surface area contributed by atoms with Crippen molar-refractivity contribution in [3.8, 4) is 5.75 Å². The molecular weight excluding hydrogens is 188 g/mol. The van der Waals surface area contributed by atoms with Gasteiger partial charge in [0.1, 0.15) is 5.75 Å². The minimum atomic E-state index is -0.288. The first-order valence-electron chi connectivity index (χ1n) is 5.17. The van der Waals surface area contributed by atoms with E-state index in [9.17, 15) is 4.79 Å². The molecule has 2 nitrogen and oxygen atoms in total. The molecule has 80 valence electrons. The molecule has 0 amide bonds. The maximum absolute atomic E-state index is 10.7. The zero-order chi connectivity index (χ0) is 11.1. The van der Waals surface area contributed by atoms with E-state index in [4.69, 9.17) is 4.74 Å². The zero-order valence-electron chi connectivity index (χ0n) is 9.19. The molecule has 0 saturated heterocycles. The van der Waals surface area contributed by atoms with Crippen LogP contribution in [0, 0.1) is 0 Å². The lowest BCUT2D eigenvalue weighted by molar-refractivity contribution is -0.131. The number of rotatable bonds is 4. The van der Waals surface area contributed by atoms with Crippen LogP contribution in [0.3, 0.4) is 0 Å². The molecule has 0 unspecified atom stereocenters. The van der Waals surface area contributed by atoms with Gasteiger partial charge in [0.05, 0.1) is 0 Å². The first-order chi connectivity index (χ1) is 7.22. The Morgan fingerprint density at radius 3 is 2.53 bits per heavy atom. The molecule has 1 aromatic rings. The van der Waals surface area contributed by atoms with Crippen LogP contribution in [0.4, 0.5) is 0 Å². The molecule has 0 N–H and O–H groups in total. The molecule has 2 heteroatoms. The molecule has 0 radical (unpaired) electrons. The van der Waals surface area contributed by atoms with E-state index in [1.165, 1.54) is 6.92 Å². The van der Waals surface area contributed by atoms with Gasteiger partial charge < -0.3 is 4.74 Å². The second-order valence-corrected chi connectivity index (χ2v) is 3.35. The number of hydrogen-bond donors (Lipinski definition) is 0. The van der Waals surface area contributed by atoms with Crippen LogP contribution < -0.4 is 4.74 Å². The minimum absolute atomic E-state index is 0.288. The summed E-state index contributed by atoms with van der Waals surface area (Å²) in [5.74, 6) is 0.305. The van der Waals surface area contributed by atoms with E-state index >= 15 is 0 Å². The highest BCUT2D eigenvalue weighted by atomic mass is 16.5. The molecule has 1 rings (SSSR count). The Labute approximate surface area is 90.6 Å². The Morgan fingerprint density at radius 2 is 2.00 bits per heavy atom. The Hall–Kier alpha value is -1.57. The normalized spacial score (nSPS) is 10.5. The van der Waals surface area contributed by atoms with Gasteiger partial charge in [-0.1, -0.05) is 37.6 Å². The van der Waals surface area contributed by atoms with Gasteiger partial charge in [0.25, 0.3) is 0 Å². The molecule has 0 spiro atoms. The summed E-state index contributed by atoms with van der Waals surface area (Å²) < 4.78 is 4.93. The lowest BCUT2D eigenvalue weighted by Gasteiger charge is -2.00. The number of esters is 1. The van der Waals surface area contributed by atoms with Crippen LogP contribution in [0.15, 0.2) is 30.3 Å². The summed E-state index contributed by atoms with van der Waals surface area (Å²) in [6.45, 7) is 3.54. The van der Waals surface area contributed by atoms with Gasteiger partial charge >= 0.3 is 5.97 Å². The topological polar surface area (TPSA) is 26.3 Å². The monoisotopic (exact) mass is 204 g/mol. The fourth-order valence-electron chi connectivity index (χ4n) is 1.20. The predicted octanol–water partition coefficient (Wildman–Crippen LogP) is 3.43. The van der Waals surface area contributed by atoms with Crippen molar-refractivity contribution in [1.82, 2.24) is 0 Å². The molecule has 1 aromatic carbocycles. The van der Waals surface area contributed by atoms with Crippen molar-refractivity contribution < 1.29 is 9.53 Å². The highest BCUT2D eigenvalue weighted by Crippen LogP contribution is 2.13. The molecular formula is C13H16O2. The van der Waals surface area contributed by atoms with E-state index in [0.717, 1.165) is 18.4 Å². The molecule has 0 aliphatic rings. The van der Waals surface area contributed by atoms with Crippen molar-refractivity contribution in [1.29, 1.82) is 0 Å². The average Bonchev–Trinajstić information content (AvgIpc) is 2.20. The lowest BCUT2D eigenvalue weighted by atomic mass is 10.2. The lowest BCUT2D eigenvalue weighted by Crippen LogP contribution is -2.00. The van der Waals surface area contributed by atoms with Crippen molar-refractivity contribution in [3.63, 3.8) is 0 Å². The summed E-state index contributed by atoms with van der Waals surface area (Å²) in [6, 6.07) is 7.47. The van der Waals surface area contributed by atoms with Crippen LogP contribution in [0.25, 0.3) is 6.08 Å². The van der Waals surface area contributed by atoms with E-state index < -0.39 is 0 Å². The highest BCUT2D eigenvalue weighted by Gasteiger charge is 1.96. The summed E-state index contributed by atoms with van der Waals surface area (Å²) in [5, 5.41) is 0. The van der Waals surface area contributed by atoms with E-state index in [0.29, 0.717) is 5.75 Å². The molecule has 15 heavy (non-hydrogen) atoms. The van der Waals surface area contributed by atoms with Crippen LogP contribution in [0.2, 0.25) is 0 Å². The first kappa shape index (κ1) is 11.5. The molecule has 0 saturated carbocycles. The third-order valence-electron chi connectivity index (χ3n) is 1.91. The van der Waals surface area contributed by atoms with Crippen molar-refractivity contribution in [2.75, 3.05) is 0 Å². The largest absolute Gasteiger partial charge is 0.427 e. The summed E-state index contributed by atoms with van der Waals surface area (Å²) in [4.78, 5) is 10.7. The maximum atomic E-state index is 10.7. The highest BCUT2D eigenvalue weighted by molar-refractivity contribution is 5.69. The number of carbonyl (C=O) groups excluding carboxylic acids is 1. The number of allylic oxidation sites excluding steroid dienone is 1. The van der Waals surface area contributed by atoms with E-state index in [2.05, 4.69) is 19.1 Å². The Kier molecular flexibility index (Phi) is 4.61. The van der Waals surface area contributed by atoms with Crippen molar-refractivity contribution in [2.45, 2.75) is 26.7 Å². The van der Waals surface area contributed by atoms with Crippen molar-refractivity contribution in [3.05, 3.63) is 35.9 Å². The molecule has 0 aliphatic heterocycles. The fourth-order valence-corrected chi connectivity index (χ4v) is 1.20. The standard InChI is InChI=1S/C13H16O2/c1-3-4-5-6-12-7-9-13(10-8-12)15-11(2)14/h5-10H,3-4H2,1-2H3. The average molecular weight is 204 g/mol. The quantitative estimate of drug-likeness (QED) is 0.555. The summed E-state index contributed by atoms with van der Waals surface area (Å²) in [7, 11) is 0. The molecule has 0 aliphatic carbocycles. The van der Waals surface area contributed by atoms with E-state index in [1.807, 2.05) is 12.1 Å². The van der Waals surface area contributed by atoms with Gasteiger partial charge in [-0.3, -0.25) is 4.79 Å². The van der Waals surface area contributed by atoms with Gasteiger partial charge in [0.15, 0.2) is 0 Å². The zero-order valence-corrected chi connectivity index (χ0v) is 9.19. The molecule has 0 atom stereocenters. The summed E-state index contributed by atoms with van der Waals surface area (Å²) >= 11 is 0. The Bertz CT molecular complexity index is 336. The van der Waals surface area contributed by atoms with Crippen molar-refractivity contribution >= 4 is 12.0 Å². The van der Waals surface area contributed by atoms with Gasteiger partial charge in [-0.15, -0.1) is 0 Å². The molecule has 0 bridgehead atoms. The van der Waals surface area contributed by atoms with Crippen LogP contribution >= 0.6 is 0 Å². The number of ether oxygens (including phenoxy) is 1.